The van der Waals surface area contributed by atoms with Crippen LogP contribution in [0.2, 0.25) is 25.7 Å². The quantitative estimate of drug-likeness (QED) is 0.539. The van der Waals surface area contributed by atoms with Crippen LogP contribution >= 0.6 is 0 Å². The lowest BCUT2D eigenvalue weighted by Crippen LogP contribution is -2.41. The molecule has 1 aromatic carbocycles. The number of carbonyl (C=O) groups is 1. The molecule has 0 aromatic heterocycles. The summed E-state index contributed by atoms with van der Waals surface area (Å²) in [7, 11) is 0.477. The van der Waals surface area contributed by atoms with Crippen molar-refractivity contribution in [3.8, 4) is 5.75 Å². The lowest BCUT2D eigenvalue weighted by Gasteiger charge is -2.32. The molecule has 30 heavy (non-hydrogen) atoms. The largest absolute Gasteiger partial charge is 0.487 e. The van der Waals surface area contributed by atoms with Gasteiger partial charge >= 0.3 is 6.09 Å². The Morgan fingerprint density at radius 1 is 1.27 bits per heavy atom. The minimum atomic E-state index is -1.22. The van der Waals surface area contributed by atoms with E-state index in [4.69, 9.17) is 24.7 Å². The van der Waals surface area contributed by atoms with Gasteiger partial charge in [0.25, 0.3) is 0 Å². The van der Waals surface area contributed by atoms with Gasteiger partial charge in [-0.1, -0.05) is 19.6 Å². The highest BCUT2D eigenvalue weighted by atomic mass is 28.3. The first kappa shape index (κ1) is 22.9. The van der Waals surface area contributed by atoms with Crippen LogP contribution in [0.1, 0.15) is 30.9 Å². The lowest BCUT2D eigenvalue weighted by atomic mass is 9.94. The van der Waals surface area contributed by atoms with Crippen molar-refractivity contribution in [3.63, 3.8) is 0 Å². The number of carbonyl (C=O) groups excluding carboxylic acids is 1. The van der Waals surface area contributed by atoms with Gasteiger partial charge in [-0.3, -0.25) is 0 Å². The standard InChI is InChI=1S/C22H36N2O5Si/c1-22(2)11-15-9-18(23)17(10-19(15)29-22)16-13-27-20(28-14-16)12-24(3)21(25)26-7-8-30(4,5)6/h9-10,16,20H,7-8,11-14,23H2,1-6H3. The van der Waals surface area contributed by atoms with Crippen LogP contribution in [0.4, 0.5) is 10.5 Å². The zero-order valence-electron chi connectivity index (χ0n) is 19.1. The molecule has 1 saturated heterocycles. The Hall–Kier alpha value is -1.77. The van der Waals surface area contributed by atoms with Crippen LogP contribution in [0.25, 0.3) is 0 Å². The van der Waals surface area contributed by atoms with Crippen LogP contribution in [0.3, 0.4) is 0 Å². The van der Waals surface area contributed by atoms with E-state index in [2.05, 4.69) is 33.5 Å². The molecule has 0 atom stereocenters. The van der Waals surface area contributed by atoms with Crippen molar-refractivity contribution in [1.82, 2.24) is 4.90 Å². The topological polar surface area (TPSA) is 83.3 Å². The molecule has 3 rings (SSSR count). The van der Waals surface area contributed by atoms with Crippen molar-refractivity contribution in [3.05, 3.63) is 23.3 Å². The summed E-state index contributed by atoms with van der Waals surface area (Å²) in [5.74, 6) is 0.931. The van der Waals surface area contributed by atoms with Gasteiger partial charge in [0.1, 0.15) is 11.4 Å². The molecule has 1 amide bonds. The second kappa shape index (κ2) is 8.76. The Morgan fingerprint density at radius 2 is 1.93 bits per heavy atom. The van der Waals surface area contributed by atoms with Gasteiger partial charge in [0, 0.05) is 38.7 Å². The van der Waals surface area contributed by atoms with E-state index in [1.807, 2.05) is 12.1 Å². The monoisotopic (exact) mass is 436 g/mol. The molecular formula is C22H36N2O5Si. The number of benzene rings is 1. The molecule has 7 nitrogen and oxygen atoms in total. The summed E-state index contributed by atoms with van der Waals surface area (Å²) in [6.45, 7) is 12.7. The van der Waals surface area contributed by atoms with E-state index in [9.17, 15) is 4.79 Å². The number of nitrogens with two attached hydrogens (primary N) is 1. The SMILES string of the molecule is CN(CC1OCC(c2cc3c(cc2N)CC(C)(C)O3)CO1)C(=O)OCC[Si](C)(C)C. The zero-order chi connectivity index (χ0) is 22.1. The first-order chi connectivity index (χ1) is 13.9. The van der Waals surface area contributed by atoms with E-state index in [0.29, 0.717) is 26.4 Å². The zero-order valence-corrected chi connectivity index (χ0v) is 20.1. The lowest BCUT2D eigenvalue weighted by molar-refractivity contribution is -0.191. The van der Waals surface area contributed by atoms with Crippen LogP contribution < -0.4 is 10.5 Å². The van der Waals surface area contributed by atoms with Gasteiger partial charge in [-0.25, -0.2) is 4.79 Å². The van der Waals surface area contributed by atoms with Crippen molar-refractivity contribution in [2.45, 2.75) is 63.8 Å². The number of likely N-dealkylation sites (N-methyl/N-ethyl adjacent to an activating group) is 1. The fourth-order valence-corrected chi connectivity index (χ4v) is 4.43. The number of hydrogen-bond acceptors (Lipinski definition) is 6. The summed E-state index contributed by atoms with van der Waals surface area (Å²) in [5, 5.41) is 0. The average molecular weight is 437 g/mol. The van der Waals surface area contributed by atoms with E-state index < -0.39 is 14.4 Å². The molecule has 2 N–H and O–H groups in total. The van der Waals surface area contributed by atoms with E-state index in [-0.39, 0.29) is 17.6 Å². The molecule has 1 aromatic rings. The molecule has 0 bridgehead atoms. The number of fused-ring (bicyclic) bond motifs is 1. The van der Waals surface area contributed by atoms with E-state index in [0.717, 1.165) is 35.0 Å². The molecule has 168 valence electrons. The maximum atomic E-state index is 12.2. The molecule has 0 radical (unpaired) electrons. The highest BCUT2D eigenvalue weighted by Crippen LogP contribution is 2.40. The highest BCUT2D eigenvalue weighted by Gasteiger charge is 2.33. The van der Waals surface area contributed by atoms with Crippen LogP contribution in [-0.2, 0) is 20.6 Å². The Morgan fingerprint density at radius 3 is 2.57 bits per heavy atom. The summed E-state index contributed by atoms with van der Waals surface area (Å²) < 4.78 is 23.2. The minimum absolute atomic E-state index is 0.0351. The van der Waals surface area contributed by atoms with Gasteiger partial charge in [0.05, 0.1) is 26.4 Å². The molecule has 0 aliphatic carbocycles. The van der Waals surface area contributed by atoms with Crippen LogP contribution in [-0.4, -0.2) is 64.4 Å². The van der Waals surface area contributed by atoms with Crippen molar-refractivity contribution in [1.29, 1.82) is 0 Å². The maximum Gasteiger partial charge on any atom is 0.409 e. The first-order valence-electron chi connectivity index (χ1n) is 10.7. The number of amides is 1. The summed E-state index contributed by atoms with van der Waals surface area (Å²) in [6.07, 6.45) is 0.0410. The second-order valence-corrected chi connectivity index (χ2v) is 15.8. The predicted octanol–water partition coefficient (Wildman–Crippen LogP) is 3.85. The van der Waals surface area contributed by atoms with Gasteiger partial charge in [-0.2, -0.15) is 0 Å². The van der Waals surface area contributed by atoms with Gasteiger partial charge in [0.15, 0.2) is 6.29 Å². The third-order valence-corrected chi connectivity index (χ3v) is 7.19. The molecule has 2 aliphatic rings. The summed E-state index contributed by atoms with van der Waals surface area (Å²) in [6, 6.07) is 4.99. The van der Waals surface area contributed by atoms with Gasteiger partial charge in [-0.05, 0) is 37.6 Å². The van der Waals surface area contributed by atoms with Gasteiger partial charge in [0.2, 0.25) is 0 Å². The van der Waals surface area contributed by atoms with Crippen LogP contribution in [0.15, 0.2) is 12.1 Å². The van der Waals surface area contributed by atoms with Gasteiger partial charge < -0.3 is 29.6 Å². The summed E-state index contributed by atoms with van der Waals surface area (Å²) >= 11 is 0. The molecule has 2 heterocycles. The number of nitrogen functional groups attached to an aromatic ring is 1. The normalized spacial score (nSPS) is 22.9. The molecule has 2 aliphatic heterocycles. The van der Waals surface area contributed by atoms with E-state index in [1.165, 1.54) is 4.90 Å². The fraction of sp³-hybridized carbons (Fsp3) is 0.682. The smallest absolute Gasteiger partial charge is 0.409 e. The fourth-order valence-electron chi connectivity index (χ4n) is 3.72. The van der Waals surface area contributed by atoms with Crippen molar-refractivity contribution in [2.24, 2.45) is 0 Å². The third kappa shape index (κ3) is 5.89. The van der Waals surface area contributed by atoms with Crippen molar-refractivity contribution >= 4 is 19.9 Å². The second-order valence-electron chi connectivity index (χ2n) is 10.2. The number of nitrogens with zero attached hydrogens (tertiary/aromatic N) is 1. The van der Waals surface area contributed by atoms with E-state index >= 15 is 0 Å². The summed E-state index contributed by atoms with van der Waals surface area (Å²) in [4.78, 5) is 13.7. The Kier molecular flexibility index (Phi) is 6.69. The minimum Gasteiger partial charge on any atom is -0.487 e. The highest BCUT2D eigenvalue weighted by molar-refractivity contribution is 6.76. The Labute approximate surface area is 180 Å². The summed E-state index contributed by atoms with van der Waals surface area (Å²) in [5.41, 5.74) is 8.99. The third-order valence-electron chi connectivity index (χ3n) is 5.49. The van der Waals surface area contributed by atoms with E-state index in [1.54, 1.807) is 7.05 Å². The molecule has 0 saturated carbocycles. The number of ether oxygens (including phenoxy) is 4. The molecular weight excluding hydrogens is 400 g/mol. The molecule has 0 unspecified atom stereocenters. The molecule has 1 fully saturated rings. The molecule has 0 spiro atoms. The maximum absolute atomic E-state index is 12.2. The number of rotatable bonds is 6. The predicted molar refractivity (Wildman–Crippen MR) is 120 cm³/mol. The number of anilines is 1. The van der Waals surface area contributed by atoms with Crippen LogP contribution in [0.5, 0.6) is 5.75 Å². The number of hydrogen-bond donors (Lipinski definition) is 1. The van der Waals surface area contributed by atoms with Crippen molar-refractivity contribution < 1.29 is 23.7 Å². The average Bonchev–Trinajstić information content (AvgIpc) is 2.93. The Bertz CT molecular complexity index is 770. The van der Waals surface area contributed by atoms with Gasteiger partial charge in [-0.15, -0.1) is 0 Å². The first-order valence-corrected chi connectivity index (χ1v) is 14.4. The van der Waals surface area contributed by atoms with Crippen molar-refractivity contribution in [2.75, 3.05) is 39.1 Å². The van der Waals surface area contributed by atoms with Crippen LogP contribution in [0, 0.1) is 0 Å². The molecule has 8 heteroatoms. The Balaban J connectivity index is 1.49.